The average molecular weight is 1960 g/mol. The minimum atomic E-state index is -0.446. The van der Waals surface area contributed by atoms with Crippen molar-refractivity contribution in [2.45, 2.75) is 0 Å². The Labute approximate surface area is 783 Å². The van der Waals surface area contributed by atoms with E-state index in [2.05, 4.69) is 546 Å². The van der Waals surface area contributed by atoms with Gasteiger partial charge in [0.2, 0.25) is 0 Å². The number of hydrogen-bond acceptors (Lipinski definition) is 0. The summed E-state index contributed by atoms with van der Waals surface area (Å²) < 4.78 is 0. The molecule has 0 aliphatic rings. The van der Waals surface area contributed by atoms with Gasteiger partial charge in [-0.2, -0.15) is 0 Å². The Morgan fingerprint density at radius 2 is 0.108 bits per heavy atom. The molecule has 0 atom stereocenters. The topological polar surface area (TPSA) is 0 Å². The molecule has 6 radical (unpaired) electrons. The van der Waals surface area contributed by atoms with Crippen LogP contribution in [0, 0.1) is 0 Å². The molecule has 0 spiro atoms. The van der Waals surface area contributed by atoms with Crippen LogP contribution >= 0.6 is 47.5 Å². The summed E-state index contributed by atoms with van der Waals surface area (Å²) in [7, 11) is -2.68. The van der Waals surface area contributed by atoms with Gasteiger partial charge in [0.25, 0.3) is 0 Å². The summed E-state index contributed by atoms with van der Waals surface area (Å²) >= 11 is 0. The van der Waals surface area contributed by atoms with Crippen molar-refractivity contribution >= 4 is 143 Å². The van der Waals surface area contributed by atoms with E-state index in [0.29, 0.717) is 0 Å². The van der Waals surface area contributed by atoms with E-state index in [1.54, 1.807) is 0 Å². The van der Waals surface area contributed by atoms with Crippen LogP contribution < -0.4 is 95.5 Å². The first kappa shape index (κ1) is 98.8. The van der Waals surface area contributed by atoms with E-state index < -0.39 is 47.5 Å². The second kappa shape index (κ2) is 56.4. The van der Waals surface area contributed by atoms with Crippen LogP contribution in [0.25, 0.3) is 0 Å². The Kier molecular flexibility index (Phi) is 46.4. The molecule has 618 valence electrons. The van der Waals surface area contributed by atoms with Gasteiger partial charge in [-0.25, -0.2) is 0 Å². The smallest absolute Gasteiger partial charge is 0 e. The third kappa shape index (κ3) is 30.0. The predicted molar refractivity (Wildman–Crippen MR) is 511 cm³/mol. The normalized spacial score (nSPS) is 10.1. The fourth-order valence-corrected chi connectivity index (χ4v) is 26.9. The Morgan fingerprint density at radius 3 is 0.150 bits per heavy atom. The third-order valence-electron chi connectivity index (χ3n) is 18.3. The van der Waals surface area contributed by atoms with Gasteiger partial charge >= 0.3 is 0 Å². The zero-order valence-corrected chi connectivity index (χ0v) is 76.5. The van der Waals surface area contributed by atoms with E-state index in [4.69, 9.17) is 0 Å². The molecule has 0 heterocycles. The zero-order chi connectivity index (χ0) is 77.5. The minimum Gasteiger partial charge on any atom is -0.0622 e. The summed E-state index contributed by atoms with van der Waals surface area (Å²) in [5.74, 6) is 0. The van der Waals surface area contributed by atoms with Crippen LogP contribution in [-0.2, 0) is 102 Å². The number of benzene rings is 18. The predicted octanol–water partition coefficient (Wildman–Crippen LogP) is 20.7. The van der Waals surface area contributed by atoms with Gasteiger partial charge in [-0.05, 0) is 143 Å². The molecule has 0 fully saturated rings. The zero-order valence-electron chi connectivity index (χ0n) is 65.5. The first-order valence-corrected chi connectivity index (χ1v) is 46.5. The van der Waals surface area contributed by atoms with Gasteiger partial charge in [-0.3, -0.25) is 0 Å². The summed E-state index contributed by atoms with van der Waals surface area (Å²) in [6.07, 6.45) is 0. The summed E-state index contributed by atoms with van der Waals surface area (Å²) in [5, 5.41) is 25.2. The second-order valence-electron chi connectivity index (χ2n) is 26.1. The standard InChI is InChI=1S/6C18H15P.6Cu/c6*1-4-10-16(11-5-1)19(17-12-6-2-7-13-17)18-14-8-3-9-15-18;;;;;;/h6*1-15H;;;;;;. The fourth-order valence-electron chi connectivity index (χ4n) is 13.1. The molecule has 0 saturated carbocycles. The van der Waals surface area contributed by atoms with Crippen LogP contribution in [0.3, 0.4) is 0 Å². The van der Waals surface area contributed by atoms with Gasteiger partial charge in [-0.1, -0.05) is 546 Å². The maximum atomic E-state index is 2.23. The Bertz CT molecular complexity index is 4100. The van der Waals surface area contributed by atoms with Crippen molar-refractivity contribution in [3.8, 4) is 0 Å². The van der Waals surface area contributed by atoms with Gasteiger partial charge in [-0.15, -0.1) is 0 Å². The molecule has 18 aromatic carbocycles. The molecule has 0 aliphatic heterocycles. The summed E-state index contributed by atoms with van der Waals surface area (Å²) in [6.45, 7) is 0. The SMILES string of the molecule is [Cu].[Cu].[Cu].[Cu].[Cu].[Cu].c1ccc(P(c2ccccc2)c2ccccc2)cc1.c1ccc(P(c2ccccc2)c2ccccc2)cc1.c1ccc(P(c2ccccc2)c2ccccc2)cc1.c1ccc(P(c2ccccc2)c2ccccc2)cc1.c1ccc(P(c2ccccc2)c2ccccc2)cc1.c1ccc(P(c2ccccc2)c2ccccc2)cc1. The van der Waals surface area contributed by atoms with Crippen molar-refractivity contribution in [2.24, 2.45) is 0 Å². The maximum absolute atomic E-state index is 2.23. The van der Waals surface area contributed by atoms with Crippen LogP contribution in [-0.4, -0.2) is 0 Å². The van der Waals surface area contributed by atoms with Crippen LogP contribution in [0.15, 0.2) is 546 Å². The molecule has 0 aliphatic carbocycles. The molecule has 0 nitrogen and oxygen atoms in total. The second-order valence-corrected chi connectivity index (χ2v) is 39.4. The molecule has 0 N–H and O–H groups in total. The van der Waals surface area contributed by atoms with Gasteiger partial charge < -0.3 is 0 Å². The van der Waals surface area contributed by atoms with Crippen molar-refractivity contribution in [1.82, 2.24) is 0 Å². The minimum absolute atomic E-state index is 0. The van der Waals surface area contributed by atoms with Crippen LogP contribution in [0.1, 0.15) is 0 Å². The molecule has 0 unspecified atom stereocenters. The fraction of sp³-hybridized carbons (Fsp3) is 0. The van der Waals surface area contributed by atoms with Crippen molar-refractivity contribution in [3.63, 3.8) is 0 Å². The van der Waals surface area contributed by atoms with E-state index >= 15 is 0 Å². The molecule has 12 heteroatoms. The van der Waals surface area contributed by atoms with E-state index in [9.17, 15) is 0 Å². The molecule has 18 aromatic rings. The first-order chi connectivity index (χ1) is 56.7. The molecule has 0 saturated heterocycles. The van der Waals surface area contributed by atoms with Crippen LogP contribution in [0.5, 0.6) is 0 Å². The third-order valence-corrected chi connectivity index (χ3v) is 32.9. The van der Waals surface area contributed by atoms with Gasteiger partial charge in [0.15, 0.2) is 0 Å². The molecule has 0 bridgehead atoms. The maximum Gasteiger partial charge on any atom is 0 e. The number of hydrogen-bond donors (Lipinski definition) is 0. The van der Waals surface area contributed by atoms with Crippen LogP contribution in [0.4, 0.5) is 0 Å². The molecule has 0 amide bonds. The van der Waals surface area contributed by atoms with Gasteiger partial charge in [0.05, 0.1) is 0 Å². The summed E-state index contributed by atoms with van der Waals surface area (Å²) in [6, 6.07) is 194. The summed E-state index contributed by atoms with van der Waals surface area (Å²) in [4.78, 5) is 0. The molecular weight excluding hydrogens is 1860 g/mol. The number of rotatable bonds is 18. The average Bonchev–Trinajstić information content (AvgIpc) is 0.853. The van der Waals surface area contributed by atoms with Crippen LogP contribution in [0.2, 0.25) is 0 Å². The van der Waals surface area contributed by atoms with Crippen molar-refractivity contribution in [3.05, 3.63) is 546 Å². The van der Waals surface area contributed by atoms with Gasteiger partial charge in [0, 0.05) is 102 Å². The Hall–Kier alpha value is -8.34. The Balaban J connectivity index is 0.000000196. The van der Waals surface area contributed by atoms with Gasteiger partial charge in [0.1, 0.15) is 0 Å². The van der Waals surface area contributed by atoms with E-state index in [1.807, 2.05) is 0 Å². The molecule has 18 rings (SSSR count). The monoisotopic (exact) mass is 1950 g/mol. The first-order valence-electron chi connectivity index (χ1n) is 38.4. The van der Waals surface area contributed by atoms with Crippen molar-refractivity contribution in [1.29, 1.82) is 0 Å². The van der Waals surface area contributed by atoms with E-state index in [1.165, 1.54) is 95.5 Å². The quantitative estimate of drug-likeness (QED) is 0.0593. The van der Waals surface area contributed by atoms with Crippen molar-refractivity contribution < 1.29 is 102 Å². The molecular formula is C108H90Cu6P6. The van der Waals surface area contributed by atoms with Crippen molar-refractivity contribution in [2.75, 3.05) is 0 Å². The molecule has 120 heavy (non-hydrogen) atoms. The van der Waals surface area contributed by atoms with E-state index in [-0.39, 0.29) is 102 Å². The largest absolute Gasteiger partial charge is 0.0622 e. The Morgan fingerprint density at radius 1 is 0.0667 bits per heavy atom. The molecule has 0 aromatic heterocycles. The summed E-state index contributed by atoms with van der Waals surface area (Å²) in [5.41, 5.74) is 0. The van der Waals surface area contributed by atoms with E-state index in [0.717, 1.165) is 0 Å².